The molecule has 1 aliphatic heterocycles. The smallest absolute Gasteiger partial charge is 0.231 e. The van der Waals surface area contributed by atoms with Crippen LogP contribution >= 0.6 is 11.6 Å². The maximum Gasteiger partial charge on any atom is 0.231 e. The summed E-state index contributed by atoms with van der Waals surface area (Å²) in [5.41, 5.74) is 6.13. The lowest BCUT2D eigenvalue weighted by Gasteiger charge is -2.10. The van der Waals surface area contributed by atoms with Crippen molar-refractivity contribution in [3.05, 3.63) is 28.8 Å². The quantitative estimate of drug-likeness (QED) is 0.815. The van der Waals surface area contributed by atoms with Crippen molar-refractivity contribution in [1.29, 1.82) is 0 Å². The summed E-state index contributed by atoms with van der Waals surface area (Å²) in [5.74, 6) is 0.508. The fourth-order valence-corrected chi connectivity index (χ4v) is 1.95. The molecule has 16 heavy (non-hydrogen) atoms. The molecule has 3 N–H and O–H groups in total. The highest BCUT2D eigenvalue weighted by Crippen LogP contribution is 2.30. The molecule has 4 nitrogen and oxygen atoms in total. The van der Waals surface area contributed by atoms with Gasteiger partial charge in [-0.15, -0.1) is 0 Å². The van der Waals surface area contributed by atoms with Crippen LogP contribution in [0.3, 0.4) is 0 Å². The van der Waals surface area contributed by atoms with E-state index in [1.165, 1.54) is 0 Å². The van der Waals surface area contributed by atoms with E-state index >= 15 is 0 Å². The molecule has 1 atom stereocenters. The molecule has 1 aliphatic rings. The van der Waals surface area contributed by atoms with Crippen LogP contribution in [0.25, 0.3) is 0 Å². The second-order valence-corrected chi connectivity index (χ2v) is 4.23. The first-order valence-corrected chi connectivity index (χ1v) is 5.47. The molecule has 1 unspecified atom stereocenters. The Bertz CT molecular complexity index is 409. The van der Waals surface area contributed by atoms with Crippen molar-refractivity contribution in [3.63, 3.8) is 0 Å². The topological polar surface area (TPSA) is 64.4 Å². The minimum absolute atomic E-state index is 0.0489. The molecule has 5 heteroatoms. The number of hydrogen-bond donors (Lipinski definition) is 2. The van der Waals surface area contributed by atoms with E-state index < -0.39 is 0 Å². The number of rotatable bonds is 4. The zero-order valence-corrected chi connectivity index (χ0v) is 9.46. The third-order valence-electron chi connectivity index (χ3n) is 2.43. The Morgan fingerprint density at radius 3 is 3.19 bits per heavy atom. The summed E-state index contributed by atoms with van der Waals surface area (Å²) in [6.07, 6.45) is 0.856. The van der Waals surface area contributed by atoms with Gasteiger partial charge in [-0.2, -0.15) is 0 Å². The predicted octanol–water partition coefficient (Wildman–Crippen LogP) is 0.718. The zero-order chi connectivity index (χ0) is 11.5. The number of nitrogens with two attached hydrogens (primary N) is 1. The fourth-order valence-electron chi connectivity index (χ4n) is 1.76. The van der Waals surface area contributed by atoms with Gasteiger partial charge in [0.1, 0.15) is 11.9 Å². The number of carbonyl (C=O) groups is 1. The Hall–Kier alpha value is -1.26. The molecule has 1 aromatic carbocycles. The van der Waals surface area contributed by atoms with Gasteiger partial charge in [0.05, 0.1) is 6.54 Å². The normalized spacial score (nSPS) is 17.9. The van der Waals surface area contributed by atoms with E-state index in [0.717, 1.165) is 17.7 Å². The Kier molecular flexibility index (Phi) is 3.31. The van der Waals surface area contributed by atoms with Crippen molar-refractivity contribution < 1.29 is 9.53 Å². The molecule has 1 heterocycles. The number of ether oxygens (including phenoxy) is 1. The van der Waals surface area contributed by atoms with E-state index in [9.17, 15) is 4.79 Å². The number of halogens is 1. The molecule has 0 spiro atoms. The molecule has 2 rings (SSSR count). The highest BCUT2D eigenvalue weighted by atomic mass is 35.5. The van der Waals surface area contributed by atoms with E-state index in [4.69, 9.17) is 22.1 Å². The first-order valence-electron chi connectivity index (χ1n) is 5.09. The van der Waals surface area contributed by atoms with Gasteiger partial charge in [-0.05, 0) is 23.8 Å². The third kappa shape index (κ3) is 2.65. The van der Waals surface area contributed by atoms with Crippen LogP contribution in [0.4, 0.5) is 0 Å². The van der Waals surface area contributed by atoms with Crippen molar-refractivity contribution in [3.8, 4) is 5.75 Å². The van der Waals surface area contributed by atoms with Gasteiger partial charge in [-0.3, -0.25) is 4.79 Å². The Labute approximate surface area is 98.7 Å². The maximum atomic E-state index is 10.5. The van der Waals surface area contributed by atoms with Gasteiger partial charge in [0.15, 0.2) is 0 Å². The van der Waals surface area contributed by atoms with Crippen molar-refractivity contribution in [1.82, 2.24) is 5.32 Å². The maximum absolute atomic E-state index is 10.5. The fraction of sp³-hybridized carbons (Fsp3) is 0.364. The van der Waals surface area contributed by atoms with E-state index in [2.05, 4.69) is 5.32 Å². The zero-order valence-electron chi connectivity index (χ0n) is 8.70. The van der Waals surface area contributed by atoms with Gasteiger partial charge in [-0.25, -0.2) is 0 Å². The molecule has 0 fully saturated rings. The Morgan fingerprint density at radius 1 is 1.62 bits per heavy atom. The largest absolute Gasteiger partial charge is 0.488 e. The van der Waals surface area contributed by atoms with E-state index in [1.807, 2.05) is 12.1 Å². The van der Waals surface area contributed by atoms with Gasteiger partial charge >= 0.3 is 0 Å². The van der Waals surface area contributed by atoms with E-state index in [1.54, 1.807) is 6.07 Å². The lowest BCUT2D eigenvalue weighted by Crippen LogP contribution is -2.35. The number of nitrogens with one attached hydrogen (secondary N) is 1. The number of primary amides is 1. The van der Waals surface area contributed by atoms with E-state index in [-0.39, 0.29) is 18.6 Å². The SMILES string of the molecule is NC(=O)CNCC1Cc2cc(Cl)ccc2O1. The first kappa shape index (κ1) is 11.2. The molecule has 1 amide bonds. The first-order chi connectivity index (χ1) is 7.65. The van der Waals surface area contributed by atoms with Crippen LogP contribution in [0.2, 0.25) is 5.02 Å². The molecule has 0 saturated carbocycles. The van der Waals surface area contributed by atoms with Crippen LogP contribution < -0.4 is 15.8 Å². The van der Waals surface area contributed by atoms with Crippen LogP contribution in [-0.2, 0) is 11.2 Å². The molecule has 0 aliphatic carbocycles. The molecule has 0 saturated heterocycles. The summed E-state index contributed by atoms with van der Waals surface area (Å²) in [4.78, 5) is 10.5. The van der Waals surface area contributed by atoms with Gasteiger partial charge in [-0.1, -0.05) is 11.6 Å². The third-order valence-corrected chi connectivity index (χ3v) is 2.67. The minimum Gasteiger partial charge on any atom is -0.488 e. The lowest BCUT2D eigenvalue weighted by atomic mass is 10.1. The average Bonchev–Trinajstić information content (AvgIpc) is 2.58. The predicted molar refractivity (Wildman–Crippen MR) is 61.6 cm³/mol. The number of fused-ring (bicyclic) bond motifs is 1. The van der Waals surface area contributed by atoms with Crippen LogP contribution in [-0.4, -0.2) is 25.1 Å². The van der Waals surface area contributed by atoms with Crippen LogP contribution in [0.5, 0.6) is 5.75 Å². The second kappa shape index (κ2) is 4.72. The minimum atomic E-state index is -0.362. The summed E-state index contributed by atoms with van der Waals surface area (Å²) in [6.45, 7) is 0.784. The summed E-state index contributed by atoms with van der Waals surface area (Å²) in [7, 11) is 0. The van der Waals surface area contributed by atoms with Crippen LogP contribution in [0.15, 0.2) is 18.2 Å². The molecule has 0 radical (unpaired) electrons. The number of amides is 1. The monoisotopic (exact) mass is 240 g/mol. The molecule has 1 aromatic rings. The van der Waals surface area contributed by atoms with Crippen LogP contribution in [0, 0.1) is 0 Å². The van der Waals surface area contributed by atoms with Crippen molar-refractivity contribution >= 4 is 17.5 Å². The summed E-state index contributed by atoms with van der Waals surface area (Å²) in [6, 6.07) is 5.58. The highest BCUT2D eigenvalue weighted by Gasteiger charge is 2.22. The number of hydrogen-bond acceptors (Lipinski definition) is 3. The summed E-state index contributed by atoms with van der Waals surface area (Å²) < 4.78 is 5.67. The molecule has 0 aromatic heterocycles. The lowest BCUT2D eigenvalue weighted by molar-refractivity contribution is -0.117. The number of carbonyl (C=O) groups excluding carboxylic acids is 1. The summed E-state index contributed by atoms with van der Waals surface area (Å²) >= 11 is 5.88. The molecule has 86 valence electrons. The Morgan fingerprint density at radius 2 is 2.44 bits per heavy atom. The van der Waals surface area contributed by atoms with Crippen LogP contribution in [0.1, 0.15) is 5.56 Å². The van der Waals surface area contributed by atoms with Crippen molar-refractivity contribution in [2.75, 3.05) is 13.1 Å². The Balaban J connectivity index is 1.88. The molecular weight excluding hydrogens is 228 g/mol. The standard InChI is InChI=1S/C11H13ClN2O2/c12-8-1-2-10-7(3-8)4-9(16-10)5-14-6-11(13)15/h1-3,9,14H,4-6H2,(H2,13,15). The molecule has 0 bridgehead atoms. The van der Waals surface area contributed by atoms with Gasteiger partial charge < -0.3 is 15.8 Å². The second-order valence-electron chi connectivity index (χ2n) is 3.79. The molecular formula is C11H13ClN2O2. The summed E-state index contributed by atoms with van der Waals surface area (Å²) in [5, 5.41) is 3.66. The van der Waals surface area contributed by atoms with Crippen molar-refractivity contribution in [2.24, 2.45) is 5.73 Å². The highest BCUT2D eigenvalue weighted by molar-refractivity contribution is 6.30. The number of benzene rings is 1. The van der Waals surface area contributed by atoms with Crippen molar-refractivity contribution in [2.45, 2.75) is 12.5 Å². The van der Waals surface area contributed by atoms with E-state index in [0.29, 0.717) is 11.6 Å². The van der Waals surface area contributed by atoms with Gasteiger partial charge in [0, 0.05) is 18.0 Å². The van der Waals surface area contributed by atoms with Gasteiger partial charge in [0.25, 0.3) is 0 Å². The average molecular weight is 241 g/mol. The van der Waals surface area contributed by atoms with Gasteiger partial charge in [0.2, 0.25) is 5.91 Å².